The normalized spacial score (nSPS) is 17.0. The molecule has 2 aromatic rings. The first-order valence-electron chi connectivity index (χ1n) is 5.63. The predicted molar refractivity (Wildman–Crippen MR) is 97.9 cm³/mol. The van der Waals surface area contributed by atoms with E-state index in [4.69, 9.17) is 12.2 Å². The summed E-state index contributed by atoms with van der Waals surface area (Å²) >= 11 is 14.2. The van der Waals surface area contributed by atoms with Crippen LogP contribution in [-0.2, 0) is 0 Å². The van der Waals surface area contributed by atoms with E-state index >= 15 is 0 Å². The van der Waals surface area contributed by atoms with Crippen LogP contribution >= 0.6 is 58.4 Å². The summed E-state index contributed by atoms with van der Waals surface area (Å²) < 4.78 is 6.91. The average Bonchev–Trinajstić information content (AvgIpc) is 3.16. The number of hydrogen-bond acceptors (Lipinski definition) is 5. The fourth-order valence-corrected chi connectivity index (χ4v) is 13.7. The Balaban J connectivity index is 1.86. The van der Waals surface area contributed by atoms with Crippen molar-refractivity contribution in [2.24, 2.45) is 0 Å². The van der Waals surface area contributed by atoms with Gasteiger partial charge in [-0.3, -0.25) is 0 Å². The molecule has 0 bridgehead atoms. The summed E-state index contributed by atoms with van der Waals surface area (Å²) in [6.45, 7) is 0. The van der Waals surface area contributed by atoms with Gasteiger partial charge in [-0.05, 0) is 0 Å². The van der Waals surface area contributed by atoms with E-state index in [-0.39, 0.29) is 0 Å². The zero-order chi connectivity index (χ0) is 13.5. The van der Waals surface area contributed by atoms with Crippen LogP contribution in [0.4, 0.5) is 0 Å². The summed E-state index contributed by atoms with van der Waals surface area (Å²) in [7, 11) is 0. The molecule has 2 aliphatic rings. The maximum absolute atomic E-state index is 5.60. The van der Waals surface area contributed by atoms with Crippen molar-refractivity contribution >= 4 is 95.9 Å². The van der Waals surface area contributed by atoms with Crippen molar-refractivity contribution < 1.29 is 0 Å². The van der Waals surface area contributed by atoms with Crippen LogP contribution < -0.4 is 8.38 Å². The first kappa shape index (κ1) is 14.3. The molecule has 0 atom stereocenters. The molecule has 2 aliphatic heterocycles. The third-order valence-corrected chi connectivity index (χ3v) is 15.1. The van der Waals surface area contributed by atoms with E-state index in [2.05, 4.69) is 34.2 Å². The predicted octanol–water partition coefficient (Wildman–Crippen LogP) is 3.46. The van der Waals surface area contributed by atoms with E-state index in [0.29, 0.717) is 29.9 Å². The first-order valence-corrected chi connectivity index (χ1v) is 13.0. The summed E-state index contributed by atoms with van der Waals surface area (Å²) in [6, 6.07) is 8.63. The SMILES string of the molecule is S=c1sc(=C2Sc3ccccc3S2)sc1=C1[Se]C=C[Se]1. The van der Waals surface area contributed by atoms with E-state index in [9.17, 15) is 0 Å². The number of hydrogen-bond donors (Lipinski definition) is 0. The quantitative estimate of drug-likeness (QED) is 0.419. The zero-order valence-electron chi connectivity index (χ0n) is 9.82. The minimum atomic E-state index is 0.548. The van der Waals surface area contributed by atoms with Gasteiger partial charge >= 0.3 is 152 Å². The zero-order valence-corrected chi connectivity index (χ0v) is 17.3. The Hall–Kier alpha value is 0.709. The molecule has 3 heterocycles. The Bertz CT molecular complexity index is 853. The Labute approximate surface area is 150 Å². The second-order valence-corrected chi connectivity index (χ2v) is 14.3. The molecule has 1 aromatic carbocycles. The van der Waals surface area contributed by atoms with E-state index in [1.165, 1.54) is 22.4 Å². The topological polar surface area (TPSA) is 0 Å². The third-order valence-electron chi connectivity index (χ3n) is 2.58. The van der Waals surface area contributed by atoms with Crippen LogP contribution in [0.2, 0.25) is 0 Å². The molecule has 4 rings (SSSR count). The van der Waals surface area contributed by atoms with E-state index < -0.39 is 0 Å². The van der Waals surface area contributed by atoms with E-state index in [0.717, 1.165) is 3.82 Å². The van der Waals surface area contributed by atoms with E-state index in [1.54, 1.807) is 14.7 Å². The van der Waals surface area contributed by atoms with Crippen molar-refractivity contribution in [1.29, 1.82) is 0 Å². The summed E-state index contributed by atoms with van der Waals surface area (Å²) in [6.07, 6.45) is 0. The second kappa shape index (κ2) is 6.07. The van der Waals surface area contributed by atoms with Crippen LogP contribution in [0.5, 0.6) is 0 Å². The van der Waals surface area contributed by atoms with Gasteiger partial charge in [0.25, 0.3) is 0 Å². The Morgan fingerprint density at radius 2 is 1.55 bits per heavy atom. The molecular formula is C13H6S5Se2. The first-order chi connectivity index (χ1) is 9.81. The van der Waals surface area contributed by atoms with Gasteiger partial charge in [-0.2, -0.15) is 0 Å². The van der Waals surface area contributed by atoms with Crippen LogP contribution in [0.3, 0.4) is 0 Å². The summed E-state index contributed by atoms with van der Waals surface area (Å²) in [5.41, 5.74) is 0. The Kier molecular flexibility index (Phi) is 4.34. The summed E-state index contributed by atoms with van der Waals surface area (Å²) in [5.74, 6) is 0. The van der Waals surface area contributed by atoms with Crippen LogP contribution in [0, 0.1) is 3.82 Å². The van der Waals surface area contributed by atoms with Crippen LogP contribution in [-0.4, -0.2) is 29.9 Å². The molecule has 100 valence electrons. The molecule has 0 fully saturated rings. The molecule has 0 unspecified atom stereocenters. The van der Waals surface area contributed by atoms with Crippen molar-refractivity contribution in [2.45, 2.75) is 9.79 Å². The monoisotopic (exact) mass is 482 g/mol. The number of thioether (sulfide) groups is 2. The Morgan fingerprint density at radius 3 is 2.20 bits per heavy atom. The van der Waals surface area contributed by atoms with Crippen molar-refractivity contribution in [3.8, 4) is 0 Å². The van der Waals surface area contributed by atoms with Crippen molar-refractivity contribution in [3.05, 3.63) is 46.4 Å². The summed E-state index contributed by atoms with van der Waals surface area (Å²) in [4.78, 5) is 7.43. The van der Waals surface area contributed by atoms with Crippen LogP contribution in [0.1, 0.15) is 0 Å². The van der Waals surface area contributed by atoms with Crippen LogP contribution in [0.15, 0.2) is 44.0 Å². The molecule has 0 radical (unpaired) electrons. The standard InChI is InChI=1S/C13H6S5Se2/c14-10-9(13-19-5-6-20-13)17-12(18-10)11-15-7-3-1-2-4-8(7)16-11/h1-6H. The number of rotatable bonds is 0. The fourth-order valence-electron chi connectivity index (χ4n) is 1.73. The molecule has 0 saturated carbocycles. The van der Waals surface area contributed by atoms with Crippen molar-refractivity contribution in [3.63, 3.8) is 0 Å². The third kappa shape index (κ3) is 2.69. The average molecular weight is 480 g/mol. The van der Waals surface area contributed by atoms with Gasteiger partial charge in [-0.25, -0.2) is 0 Å². The molecular weight excluding hydrogens is 474 g/mol. The van der Waals surface area contributed by atoms with E-state index in [1.807, 2.05) is 34.9 Å². The fraction of sp³-hybridized carbons (Fsp3) is 0. The number of benzene rings is 1. The van der Waals surface area contributed by atoms with Gasteiger partial charge in [0.1, 0.15) is 0 Å². The summed E-state index contributed by atoms with van der Waals surface area (Å²) in [5, 5.41) is 0. The molecule has 0 amide bonds. The van der Waals surface area contributed by atoms with Gasteiger partial charge in [-0.15, -0.1) is 0 Å². The molecule has 7 heteroatoms. The minimum absolute atomic E-state index is 0.548. The second-order valence-electron chi connectivity index (χ2n) is 3.84. The molecule has 0 saturated heterocycles. The van der Waals surface area contributed by atoms with Gasteiger partial charge in [-0.1, -0.05) is 0 Å². The molecule has 20 heavy (non-hydrogen) atoms. The molecule has 1 aromatic heterocycles. The van der Waals surface area contributed by atoms with Crippen molar-refractivity contribution in [1.82, 2.24) is 0 Å². The molecule has 0 nitrogen and oxygen atoms in total. The van der Waals surface area contributed by atoms with Gasteiger partial charge in [0.15, 0.2) is 0 Å². The molecule has 0 spiro atoms. The Morgan fingerprint density at radius 1 is 0.900 bits per heavy atom. The molecule has 0 N–H and O–H groups in total. The van der Waals surface area contributed by atoms with Gasteiger partial charge in [0.05, 0.1) is 0 Å². The van der Waals surface area contributed by atoms with Gasteiger partial charge in [0, 0.05) is 0 Å². The van der Waals surface area contributed by atoms with Gasteiger partial charge in [0.2, 0.25) is 0 Å². The maximum atomic E-state index is 5.60. The number of fused-ring (bicyclic) bond motifs is 1. The van der Waals surface area contributed by atoms with Crippen LogP contribution in [0.25, 0.3) is 7.61 Å². The van der Waals surface area contributed by atoms with Crippen molar-refractivity contribution in [2.75, 3.05) is 0 Å². The molecule has 0 aliphatic carbocycles. The van der Waals surface area contributed by atoms with Gasteiger partial charge < -0.3 is 0 Å².